The number of nitrogens with one attached hydrogen (secondary N) is 1. The van der Waals surface area contributed by atoms with E-state index in [2.05, 4.69) is 19.3 Å². The van der Waals surface area contributed by atoms with Crippen LogP contribution in [0, 0.1) is 0 Å². The number of ether oxygens (including phenoxy) is 2. The summed E-state index contributed by atoms with van der Waals surface area (Å²) in [5.74, 6) is 0.846. The van der Waals surface area contributed by atoms with Crippen molar-refractivity contribution in [2.45, 2.75) is 91.5 Å². The molecule has 1 N–H and O–H groups in total. The molecule has 0 aromatic heterocycles. The normalized spacial score (nSPS) is 11.1. The van der Waals surface area contributed by atoms with E-state index in [0.29, 0.717) is 24.3 Å². The minimum atomic E-state index is -0.622. The molecule has 0 radical (unpaired) electrons. The van der Waals surface area contributed by atoms with Crippen LogP contribution in [-0.2, 0) is 0 Å². The first kappa shape index (κ1) is 29.2. The lowest BCUT2D eigenvalue weighted by molar-refractivity contribution is 0.0358. The van der Waals surface area contributed by atoms with Crippen LogP contribution in [0.2, 0.25) is 0 Å². The number of carbonyl (C=O) groups is 2. The van der Waals surface area contributed by atoms with Gasteiger partial charge in [-0.05, 0) is 82.1 Å². The standard InChI is InChI=1S/C30H44N2O4/c1-6-8-10-12-22-35-26-18-14-24(15-19-26)28(33)31-32(30(3,4)5)29(34)25-16-20-27(21-17-25)36-23-13-11-9-7-2/h14-21H,6-13,22-23H2,1-5H3,(H,31,33). The molecule has 2 amide bonds. The highest BCUT2D eigenvalue weighted by Gasteiger charge is 2.29. The van der Waals surface area contributed by atoms with Crippen molar-refractivity contribution in [2.24, 2.45) is 0 Å². The molecule has 0 aliphatic heterocycles. The lowest BCUT2D eigenvalue weighted by atomic mass is 10.1. The Hall–Kier alpha value is -3.02. The predicted molar refractivity (Wildman–Crippen MR) is 146 cm³/mol. The molecule has 0 heterocycles. The molecule has 0 fully saturated rings. The van der Waals surface area contributed by atoms with Gasteiger partial charge in [0, 0.05) is 11.1 Å². The van der Waals surface area contributed by atoms with Crippen LogP contribution in [0.3, 0.4) is 0 Å². The Morgan fingerprint density at radius 2 is 1.14 bits per heavy atom. The van der Waals surface area contributed by atoms with Gasteiger partial charge in [0.05, 0.1) is 18.8 Å². The summed E-state index contributed by atoms with van der Waals surface area (Å²) in [6.45, 7) is 11.3. The van der Waals surface area contributed by atoms with E-state index >= 15 is 0 Å². The molecule has 198 valence electrons. The number of hydrogen-bond donors (Lipinski definition) is 1. The molecular formula is C30H44N2O4. The molecular weight excluding hydrogens is 452 g/mol. The second kappa shape index (κ2) is 15.2. The Kier molecular flexibility index (Phi) is 12.3. The second-order valence-electron chi connectivity index (χ2n) is 10.1. The zero-order valence-electron chi connectivity index (χ0n) is 22.8. The highest BCUT2D eigenvalue weighted by molar-refractivity contribution is 5.99. The monoisotopic (exact) mass is 496 g/mol. The first-order valence-corrected chi connectivity index (χ1v) is 13.4. The van der Waals surface area contributed by atoms with Crippen molar-refractivity contribution in [3.8, 4) is 11.5 Å². The highest BCUT2D eigenvalue weighted by atomic mass is 16.5. The zero-order chi connectivity index (χ0) is 26.4. The number of nitrogens with zero attached hydrogens (tertiary/aromatic N) is 1. The van der Waals surface area contributed by atoms with Crippen LogP contribution < -0.4 is 14.9 Å². The van der Waals surface area contributed by atoms with Crippen molar-refractivity contribution in [3.63, 3.8) is 0 Å². The molecule has 2 aromatic carbocycles. The van der Waals surface area contributed by atoms with Gasteiger partial charge in [-0.2, -0.15) is 0 Å². The smallest absolute Gasteiger partial charge is 0.272 e. The van der Waals surface area contributed by atoms with Gasteiger partial charge in [0.2, 0.25) is 0 Å². The van der Waals surface area contributed by atoms with Crippen molar-refractivity contribution in [3.05, 3.63) is 59.7 Å². The summed E-state index contributed by atoms with van der Waals surface area (Å²) in [4.78, 5) is 26.3. The lowest BCUT2D eigenvalue weighted by Crippen LogP contribution is -2.55. The Morgan fingerprint density at radius 1 is 0.694 bits per heavy atom. The van der Waals surface area contributed by atoms with Crippen molar-refractivity contribution < 1.29 is 19.1 Å². The first-order chi connectivity index (χ1) is 17.3. The molecule has 0 atom stereocenters. The van der Waals surface area contributed by atoms with Gasteiger partial charge in [-0.25, -0.2) is 5.01 Å². The fourth-order valence-corrected chi connectivity index (χ4v) is 3.65. The highest BCUT2D eigenvalue weighted by Crippen LogP contribution is 2.20. The third-order valence-corrected chi connectivity index (χ3v) is 5.84. The third kappa shape index (κ3) is 9.92. The van der Waals surface area contributed by atoms with E-state index < -0.39 is 5.54 Å². The summed E-state index contributed by atoms with van der Waals surface area (Å²) in [5.41, 5.74) is 3.12. The van der Waals surface area contributed by atoms with Gasteiger partial charge in [0.1, 0.15) is 11.5 Å². The fraction of sp³-hybridized carbons (Fsp3) is 0.533. The van der Waals surface area contributed by atoms with Crippen molar-refractivity contribution in [1.82, 2.24) is 10.4 Å². The number of carbonyl (C=O) groups excluding carboxylic acids is 2. The molecule has 36 heavy (non-hydrogen) atoms. The van der Waals surface area contributed by atoms with E-state index in [-0.39, 0.29) is 11.8 Å². The van der Waals surface area contributed by atoms with Crippen molar-refractivity contribution in [1.29, 1.82) is 0 Å². The summed E-state index contributed by atoms with van der Waals surface area (Å²) < 4.78 is 11.5. The summed E-state index contributed by atoms with van der Waals surface area (Å²) in [6.07, 6.45) is 9.15. The molecule has 0 saturated heterocycles. The molecule has 6 nitrogen and oxygen atoms in total. The Balaban J connectivity index is 1.97. The van der Waals surface area contributed by atoms with Crippen LogP contribution >= 0.6 is 0 Å². The van der Waals surface area contributed by atoms with Crippen LogP contribution in [0.1, 0.15) is 107 Å². The maximum absolute atomic E-state index is 13.3. The quantitative estimate of drug-likeness (QED) is 0.222. The number of rotatable bonds is 14. The van der Waals surface area contributed by atoms with Gasteiger partial charge in [0.25, 0.3) is 11.8 Å². The van der Waals surface area contributed by atoms with Crippen LogP contribution in [0.15, 0.2) is 48.5 Å². The van der Waals surface area contributed by atoms with Gasteiger partial charge in [-0.15, -0.1) is 0 Å². The number of hydrogen-bond acceptors (Lipinski definition) is 4. The van der Waals surface area contributed by atoms with Gasteiger partial charge in [-0.3, -0.25) is 15.0 Å². The largest absolute Gasteiger partial charge is 0.494 e. The first-order valence-electron chi connectivity index (χ1n) is 13.4. The number of amides is 2. The maximum atomic E-state index is 13.3. The summed E-state index contributed by atoms with van der Waals surface area (Å²) in [5, 5.41) is 1.38. The van der Waals surface area contributed by atoms with Gasteiger partial charge in [-0.1, -0.05) is 52.4 Å². The second-order valence-corrected chi connectivity index (χ2v) is 10.1. The van der Waals surface area contributed by atoms with E-state index in [1.807, 2.05) is 20.8 Å². The summed E-state index contributed by atoms with van der Waals surface area (Å²) in [7, 11) is 0. The van der Waals surface area contributed by atoms with Gasteiger partial charge >= 0.3 is 0 Å². The van der Waals surface area contributed by atoms with Crippen LogP contribution in [0.5, 0.6) is 11.5 Å². The third-order valence-electron chi connectivity index (χ3n) is 5.84. The molecule has 0 spiro atoms. The molecule has 2 aromatic rings. The Bertz CT molecular complexity index is 917. The molecule has 0 aliphatic rings. The minimum Gasteiger partial charge on any atom is -0.494 e. The molecule has 2 rings (SSSR count). The summed E-state index contributed by atoms with van der Waals surface area (Å²) >= 11 is 0. The van der Waals surface area contributed by atoms with E-state index in [4.69, 9.17) is 9.47 Å². The van der Waals surface area contributed by atoms with E-state index in [9.17, 15) is 9.59 Å². The van der Waals surface area contributed by atoms with Crippen LogP contribution in [-0.4, -0.2) is 35.6 Å². The molecule has 0 saturated carbocycles. The maximum Gasteiger partial charge on any atom is 0.272 e. The van der Waals surface area contributed by atoms with E-state index in [0.717, 1.165) is 37.2 Å². The molecule has 0 aliphatic carbocycles. The van der Waals surface area contributed by atoms with Crippen LogP contribution in [0.4, 0.5) is 0 Å². The Labute approximate surface area is 217 Å². The molecule has 0 unspecified atom stereocenters. The number of unbranched alkanes of at least 4 members (excludes halogenated alkanes) is 6. The average molecular weight is 497 g/mol. The van der Waals surface area contributed by atoms with Gasteiger partial charge in [0.15, 0.2) is 0 Å². The van der Waals surface area contributed by atoms with E-state index in [1.165, 1.54) is 30.7 Å². The van der Waals surface area contributed by atoms with Gasteiger partial charge < -0.3 is 9.47 Å². The lowest BCUT2D eigenvalue weighted by Gasteiger charge is -2.35. The number of hydrazine groups is 1. The van der Waals surface area contributed by atoms with Crippen molar-refractivity contribution >= 4 is 11.8 Å². The van der Waals surface area contributed by atoms with E-state index in [1.54, 1.807) is 48.5 Å². The zero-order valence-corrected chi connectivity index (χ0v) is 22.8. The average Bonchev–Trinajstić information content (AvgIpc) is 2.86. The summed E-state index contributed by atoms with van der Waals surface area (Å²) in [6, 6.07) is 14.1. The number of benzene rings is 2. The Morgan fingerprint density at radius 3 is 1.56 bits per heavy atom. The fourth-order valence-electron chi connectivity index (χ4n) is 3.65. The van der Waals surface area contributed by atoms with Crippen LogP contribution in [0.25, 0.3) is 0 Å². The predicted octanol–water partition coefficient (Wildman–Crippen LogP) is 7.19. The SMILES string of the molecule is CCCCCCOc1ccc(C(=O)NN(C(=O)c2ccc(OCCCCCC)cc2)C(C)(C)C)cc1. The topological polar surface area (TPSA) is 67.9 Å². The molecule has 6 heteroatoms. The van der Waals surface area contributed by atoms with Crippen molar-refractivity contribution in [2.75, 3.05) is 13.2 Å². The molecule has 0 bridgehead atoms. The minimum absolute atomic E-state index is 0.280.